The molecule has 0 amide bonds. The zero-order valence-corrected chi connectivity index (χ0v) is 11.6. The summed E-state index contributed by atoms with van der Waals surface area (Å²) < 4.78 is 5.24. The van der Waals surface area contributed by atoms with E-state index in [0.717, 1.165) is 0 Å². The fourth-order valence-electron chi connectivity index (χ4n) is 2.31. The highest BCUT2D eigenvalue weighted by Crippen LogP contribution is 2.34. The fourth-order valence-corrected chi connectivity index (χ4v) is 2.31. The van der Waals surface area contributed by atoms with Crippen molar-refractivity contribution in [3.05, 3.63) is 53.1 Å². The van der Waals surface area contributed by atoms with Gasteiger partial charge in [0.25, 0.3) is 0 Å². The third kappa shape index (κ3) is 2.58. The number of carboxylic acid groups (broad SMARTS) is 2. The van der Waals surface area contributed by atoms with Crippen LogP contribution in [0.25, 0.3) is 11.1 Å². The molecule has 0 saturated heterocycles. The predicted octanol–water partition coefficient (Wildman–Crippen LogP) is 3.07. The van der Waals surface area contributed by atoms with Crippen LogP contribution in [-0.2, 0) is 0 Å². The number of aromatic carboxylic acids is 2. The summed E-state index contributed by atoms with van der Waals surface area (Å²) in [4.78, 5) is 22.7. The first-order chi connectivity index (χ1) is 9.97. The van der Waals surface area contributed by atoms with Crippen molar-refractivity contribution in [2.75, 3.05) is 7.11 Å². The highest BCUT2D eigenvalue weighted by atomic mass is 16.5. The van der Waals surface area contributed by atoms with Gasteiger partial charge in [0.1, 0.15) is 5.75 Å². The molecule has 0 radical (unpaired) electrons. The smallest absolute Gasteiger partial charge is 0.336 e. The molecule has 0 heterocycles. The van der Waals surface area contributed by atoms with Crippen molar-refractivity contribution in [2.24, 2.45) is 0 Å². The first-order valence-corrected chi connectivity index (χ1v) is 6.21. The lowest BCUT2D eigenvalue weighted by atomic mass is 9.92. The number of methoxy groups -OCH3 is 1. The molecule has 0 aliphatic rings. The number of para-hydroxylation sites is 1. The van der Waals surface area contributed by atoms with Crippen LogP contribution in [-0.4, -0.2) is 29.3 Å². The predicted molar refractivity (Wildman–Crippen MR) is 77.1 cm³/mol. The summed E-state index contributed by atoms with van der Waals surface area (Å²) in [5.41, 5.74) is 1.21. The van der Waals surface area contributed by atoms with Crippen LogP contribution >= 0.6 is 0 Å². The highest BCUT2D eigenvalue weighted by Gasteiger charge is 2.21. The first kappa shape index (κ1) is 14.6. The van der Waals surface area contributed by atoms with E-state index in [1.165, 1.54) is 26.2 Å². The van der Waals surface area contributed by atoms with Crippen LogP contribution in [0.2, 0.25) is 0 Å². The summed E-state index contributed by atoms with van der Waals surface area (Å²) in [6, 6.07) is 9.91. The van der Waals surface area contributed by atoms with Gasteiger partial charge >= 0.3 is 11.9 Å². The number of ether oxygens (including phenoxy) is 1. The quantitative estimate of drug-likeness (QED) is 0.902. The summed E-state index contributed by atoms with van der Waals surface area (Å²) in [7, 11) is 1.50. The Hall–Kier alpha value is -2.82. The van der Waals surface area contributed by atoms with E-state index in [9.17, 15) is 14.7 Å². The van der Waals surface area contributed by atoms with Gasteiger partial charge in [0.2, 0.25) is 0 Å². The topological polar surface area (TPSA) is 83.8 Å². The Morgan fingerprint density at radius 3 is 2.19 bits per heavy atom. The number of benzene rings is 2. The third-order valence-corrected chi connectivity index (χ3v) is 3.31. The molecule has 0 spiro atoms. The van der Waals surface area contributed by atoms with E-state index in [0.29, 0.717) is 16.9 Å². The molecule has 0 saturated carbocycles. The van der Waals surface area contributed by atoms with Crippen LogP contribution in [0.3, 0.4) is 0 Å². The van der Waals surface area contributed by atoms with Gasteiger partial charge in [-0.2, -0.15) is 0 Å². The summed E-state index contributed by atoms with van der Waals surface area (Å²) >= 11 is 0. The largest absolute Gasteiger partial charge is 0.496 e. The minimum atomic E-state index is -1.17. The van der Waals surface area contributed by atoms with Crippen LogP contribution < -0.4 is 4.74 Å². The minimum absolute atomic E-state index is 0.0222. The van der Waals surface area contributed by atoms with Crippen LogP contribution in [0.5, 0.6) is 5.75 Å². The molecular weight excluding hydrogens is 272 g/mol. The normalized spacial score (nSPS) is 10.2. The van der Waals surface area contributed by atoms with Gasteiger partial charge in [-0.15, -0.1) is 0 Å². The van der Waals surface area contributed by atoms with Gasteiger partial charge < -0.3 is 14.9 Å². The summed E-state index contributed by atoms with van der Waals surface area (Å²) in [5, 5.41) is 18.6. The molecule has 5 nitrogen and oxygen atoms in total. The molecule has 0 aromatic heterocycles. The summed E-state index contributed by atoms with van der Waals surface area (Å²) in [6.45, 7) is 1.49. The second kappa shape index (κ2) is 5.66. The van der Waals surface area contributed by atoms with Crippen LogP contribution in [0, 0.1) is 6.92 Å². The maximum absolute atomic E-state index is 11.6. The first-order valence-electron chi connectivity index (χ1n) is 6.21. The van der Waals surface area contributed by atoms with E-state index in [4.69, 9.17) is 9.84 Å². The van der Waals surface area contributed by atoms with Gasteiger partial charge in [0.15, 0.2) is 0 Å². The highest BCUT2D eigenvalue weighted by molar-refractivity contribution is 6.02. The molecule has 0 bridgehead atoms. The van der Waals surface area contributed by atoms with E-state index >= 15 is 0 Å². The molecular formula is C16H14O5. The van der Waals surface area contributed by atoms with E-state index in [-0.39, 0.29) is 16.7 Å². The molecule has 2 aromatic carbocycles. The van der Waals surface area contributed by atoms with Gasteiger partial charge in [0, 0.05) is 11.1 Å². The molecule has 21 heavy (non-hydrogen) atoms. The number of carboxylic acids is 2. The lowest BCUT2D eigenvalue weighted by molar-refractivity contribution is 0.0696. The lowest BCUT2D eigenvalue weighted by Crippen LogP contribution is -2.09. The van der Waals surface area contributed by atoms with Crippen molar-refractivity contribution in [2.45, 2.75) is 6.92 Å². The second-order valence-corrected chi connectivity index (χ2v) is 4.47. The Labute approximate surface area is 121 Å². The Morgan fingerprint density at radius 2 is 1.62 bits per heavy atom. The Bertz CT molecular complexity index is 719. The maximum Gasteiger partial charge on any atom is 0.336 e. The number of carbonyl (C=O) groups is 2. The van der Waals surface area contributed by atoms with Gasteiger partial charge in [-0.05, 0) is 24.6 Å². The number of rotatable bonds is 4. The van der Waals surface area contributed by atoms with Gasteiger partial charge in [-0.1, -0.05) is 24.3 Å². The summed E-state index contributed by atoms with van der Waals surface area (Å²) in [5.74, 6) is -1.79. The van der Waals surface area contributed by atoms with Gasteiger partial charge in [-0.3, -0.25) is 0 Å². The average Bonchev–Trinajstić information content (AvgIpc) is 2.45. The van der Waals surface area contributed by atoms with E-state index in [1.807, 2.05) is 0 Å². The van der Waals surface area contributed by atoms with Crippen molar-refractivity contribution in [3.8, 4) is 16.9 Å². The Balaban J connectivity index is 2.78. The average molecular weight is 286 g/mol. The zero-order chi connectivity index (χ0) is 15.6. The minimum Gasteiger partial charge on any atom is -0.496 e. The van der Waals surface area contributed by atoms with Crippen LogP contribution in [0.4, 0.5) is 0 Å². The molecule has 108 valence electrons. The molecule has 5 heteroatoms. The Morgan fingerprint density at radius 1 is 0.952 bits per heavy atom. The van der Waals surface area contributed by atoms with Gasteiger partial charge in [-0.25, -0.2) is 9.59 Å². The Kier molecular flexibility index (Phi) is 3.93. The molecule has 0 aliphatic heterocycles. The summed E-state index contributed by atoms with van der Waals surface area (Å²) in [6.07, 6.45) is 0. The van der Waals surface area contributed by atoms with Crippen molar-refractivity contribution in [3.63, 3.8) is 0 Å². The van der Waals surface area contributed by atoms with Crippen molar-refractivity contribution in [1.82, 2.24) is 0 Å². The van der Waals surface area contributed by atoms with Crippen molar-refractivity contribution in [1.29, 1.82) is 0 Å². The van der Waals surface area contributed by atoms with Crippen LogP contribution in [0.15, 0.2) is 36.4 Å². The fraction of sp³-hybridized carbons (Fsp3) is 0.125. The molecule has 0 unspecified atom stereocenters. The second-order valence-electron chi connectivity index (χ2n) is 4.47. The standard InChI is InChI=1S/C16H14O5/c1-9-10(15(17)18)7-8-12(14(9)16(19)20)11-5-3-4-6-13(11)21-2/h3-8H,1-2H3,(H,17,18)(H,19,20). The number of hydrogen-bond donors (Lipinski definition) is 2. The zero-order valence-electron chi connectivity index (χ0n) is 11.6. The van der Waals surface area contributed by atoms with Crippen molar-refractivity contribution < 1.29 is 24.5 Å². The maximum atomic E-state index is 11.6. The third-order valence-electron chi connectivity index (χ3n) is 3.31. The molecule has 2 aromatic rings. The van der Waals surface area contributed by atoms with Crippen molar-refractivity contribution >= 4 is 11.9 Å². The molecule has 2 N–H and O–H groups in total. The van der Waals surface area contributed by atoms with E-state index in [2.05, 4.69) is 0 Å². The van der Waals surface area contributed by atoms with E-state index in [1.54, 1.807) is 24.3 Å². The van der Waals surface area contributed by atoms with Crippen LogP contribution in [0.1, 0.15) is 26.3 Å². The monoisotopic (exact) mass is 286 g/mol. The van der Waals surface area contributed by atoms with Gasteiger partial charge in [0.05, 0.1) is 18.2 Å². The molecule has 2 rings (SSSR count). The SMILES string of the molecule is COc1ccccc1-c1ccc(C(=O)O)c(C)c1C(=O)O. The molecule has 0 atom stereocenters. The lowest BCUT2D eigenvalue weighted by Gasteiger charge is -2.14. The number of hydrogen-bond acceptors (Lipinski definition) is 3. The molecule has 0 aliphatic carbocycles. The molecule has 0 fully saturated rings. The van der Waals surface area contributed by atoms with E-state index < -0.39 is 11.9 Å².